The van der Waals surface area contributed by atoms with Gasteiger partial charge in [0.25, 0.3) is 5.91 Å². The summed E-state index contributed by atoms with van der Waals surface area (Å²) < 4.78 is 48.6. The van der Waals surface area contributed by atoms with Gasteiger partial charge in [-0.1, -0.05) is 15.8 Å². The lowest BCUT2D eigenvalue weighted by Crippen LogP contribution is -2.36. The molecule has 0 fully saturated rings. The van der Waals surface area contributed by atoms with Gasteiger partial charge in [-0.2, -0.15) is 13.2 Å². The minimum atomic E-state index is -4.56. The molecule has 0 saturated heterocycles. The van der Waals surface area contributed by atoms with E-state index in [0.29, 0.717) is 6.07 Å². The van der Waals surface area contributed by atoms with Gasteiger partial charge < -0.3 is 5.73 Å². The number of rotatable bonds is 1. The van der Waals surface area contributed by atoms with Crippen molar-refractivity contribution in [3.8, 4) is 0 Å². The van der Waals surface area contributed by atoms with E-state index < -0.39 is 23.6 Å². The molecule has 100 valence electrons. The molecule has 0 aliphatic heterocycles. The number of alkyl halides is 3. The van der Waals surface area contributed by atoms with Crippen LogP contribution in [0.1, 0.15) is 15.9 Å². The van der Waals surface area contributed by atoms with E-state index in [9.17, 15) is 22.4 Å². The Bertz CT molecular complexity index is 461. The number of benzene rings is 1. The minimum absolute atomic E-state index is 0. The average Bonchev–Trinajstić information content (AvgIpc) is 2.28. The topological polar surface area (TPSA) is 67.5 Å². The van der Waals surface area contributed by atoms with E-state index in [-0.39, 0.29) is 18.0 Å². The van der Waals surface area contributed by atoms with Crippen LogP contribution in [0.3, 0.4) is 0 Å². The Labute approximate surface area is 105 Å². The molecule has 1 rings (SSSR count). The van der Waals surface area contributed by atoms with Crippen molar-refractivity contribution in [3.05, 3.63) is 35.4 Å². The van der Waals surface area contributed by atoms with Crippen LogP contribution < -0.4 is 11.1 Å². The van der Waals surface area contributed by atoms with E-state index in [4.69, 9.17) is 5.73 Å². The van der Waals surface area contributed by atoms with E-state index in [1.54, 1.807) is 5.32 Å². The van der Waals surface area contributed by atoms with Crippen LogP contribution in [-0.2, 0) is 6.18 Å². The van der Waals surface area contributed by atoms with Crippen molar-refractivity contribution in [1.82, 2.24) is 5.32 Å². The number of nitrogens with zero attached hydrogens (tertiary/aromatic N) is 1. The van der Waals surface area contributed by atoms with Crippen LogP contribution >= 0.6 is 12.4 Å². The molecule has 0 atom stereocenters. The SMILES string of the molecule is Cl.NC(=NF)NC(=O)c1cccc(C(F)(F)F)c1. The van der Waals surface area contributed by atoms with Crippen LogP contribution in [0.2, 0.25) is 0 Å². The summed E-state index contributed by atoms with van der Waals surface area (Å²) in [5.74, 6) is -1.80. The van der Waals surface area contributed by atoms with Gasteiger partial charge in [0.1, 0.15) is 0 Å². The highest BCUT2D eigenvalue weighted by Crippen LogP contribution is 2.29. The van der Waals surface area contributed by atoms with Crippen LogP contribution in [-0.4, -0.2) is 11.9 Å². The molecule has 0 aromatic heterocycles. The van der Waals surface area contributed by atoms with Crippen molar-refractivity contribution in [1.29, 1.82) is 0 Å². The van der Waals surface area contributed by atoms with E-state index in [1.165, 1.54) is 0 Å². The molecule has 4 nitrogen and oxygen atoms in total. The van der Waals surface area contributed by atoms with Gasteiger partial charge in [-0.05, 0) is 18.2 Å². The lowest BCUT2D eigenvalue weighted by Gasteiger charge is -2.08. The monoisotopic (exact) mass is 285 g/mol. The zero-order valence-corrected chi connectivity index (χ0v) is 9.48. The normalized spacial score (nSPS) is 11.7. The van der Waals surface area contributed by atoms with E-state index in [0.717, 1.165) is 18.2 Å². The van der Waals surface area contributed by atoms with E-state index in [1.807, 2.05) is 5.21 Å². The lowest BCUT2D eigenvalue weighted by atomic mass is 10.1. The summed E-state index contributed by atoms with van der Waals surface area (Å²) in [7, 11) is 0. The first kappa shape index (κ1) is 16.2. The van der Waals surface area contributed by atoms with Gasteiger partial charge in [0.2, 0.25) is 5.96 Å². The lowest BCUT2D eigenvalue weighted by molar-refractivity contribution is -0.137. The molecule has 18 heavy (non-hydrogen) atoms. The first-order valence-electron chi connectivity index (χ1n) is 4.27. The zero-order chi connectivity index (χ0) is 13.1. The van der Waals surface area contributed by atoms with Gasteiger partial charge in [-0.3, -0.25) is 10.1 Å². The van der Waals surface area contributed by atoms with Crippen LogP contribution in [0.5, 0.6) is 0 Å². The van der Waals surface area contributed by atoms with Crippen molar-refractivity contribution in [3.63, 3.8) is 0 Å². The number of hydrogen-bond donors (Lipinski definition) is 2. The van der Waals surface area contributed by atoms with Crippen LogP contribution in [0.15, 0.2) is 29.5 Å². The maximum absolute atomic E-state index is 12.3. The molecular formula is C9H8ClF4N3O. The van der Waals surface area contributed by atoms with Crippen molar-refractivity contribution < 1.29 is 22.4 Å². The highest BCUT2D eigenvalue weighted by Gasteiger charge is 2.30. The zero-order valence-electron chi connectivity index (χ0n) is 8.66. The summed E-state index contributed by atoms with van der Waals surface area (Å²) >= 11 is 0. The first-order valence-corrected chi connectivity index (χ1v) is 4.27. The van der Waals surface area contributed by atoms with Crippen molar-refractivity contribution in [2.75, 3.05) is 0 Å². The molecule has 0 aliphatic carbocycles. The Morgan fingerprint density at radius 2 is 1.94 bits per heavy atom. The standard InChI is InChI=1S/C9H7F4N3O.ClH/c10-9(11,12)6-3-1-2-5(4-6)7(17)15-8(14)16-13;/h1-4H,(H3,14,15,16,17);1H. The third-order valence-corrected chi connectivity index (χ3v) is 1.78. The fourth-order valence-corrected chi connectivity index (χ4v) is 1.05. The van der Waals surface area contributed by atoms with Gasteiger partial charge in [-0.25, -0.2) is 0 Å². The molecule has 0 bridgehead atoms. The van der Waals surface area contributed by atoms with Gasteiger partial charge in [-0.15, -0.1) is 12.4 Å². The Morgan fingerprint density at radius 3 is 2.44 bits per heavy atom. The van der Waals surface area contributed by atoms with Crippen molar-refractivity contribution >= 4 is 24.3 Å². The summed E-state index contributed by atoms with van der Waals surface area (Å²) in [6.07, 6.45) is -4.56. The second-order valence-corrected chi connectivity index (χ2v) is 3.00. The maximum atomic E-state index is 12.3. The molecule has 0 heterocycles. The number of carbonyl (C=O) groups is 1. The summed E-state index contributed by atoms with van der Waals surface area (Å²) in [4.78, 5) is 11.3. The number of nitrogens with two attached hydrogens (primary N) is 1. The smallest absolute Gasteiger partial charge is 0.367 e. The number of nitrogens with one attached hydrogen (secondary N) is 1. The molecular weight excluding hydrogens is 278 g/mol. The summed E-state index contributed by atoms with van der Waals surface area (Å²) in [5.41, 5.74) is 3.57. The molecule has 0 aliphatic rings. The number of carbonyl (C=O) groups excluding carboxylic acids is 1. The van der Waals surface area contributed by atoms with Crippen LogP contribution in [0.4, 0.5) is 17.7 Å². The minimum Gasteiger partial charge on any atom is -0.367 e. The second-order valence-electron chi connectivity index (χ2n) is 3.00. The molecule has 1 aromatic rings. The highest BCUT2D eigenvalue weighted by molar-refractivity contribution is 6.05. The van der Waals surface area contributed by atoms with Gasteiger partial charge in [0.15, 0.2) is 0 Å². The predicted octanol–water partition coefficient (Wildman–Crippen LogP) is 2.06. The third kappa shape index (κ3) is 4.21. The van der Waals surface area contributed by atoms with Crippen molar-refractivity contribution in [2.24, 2.45) is 10.9 Å². The number of guanidine groups is 1. The van der Waals surface area contributed by atoms with Gasteiger partial charge in [0, 0.05) is 5.56 Å². The number of hydrogen-bond acceptors (Lipinski definition) is 2. The Balaban J connectivity index is 0.00000289. The number of halogens is 5. The van der Waals surface area contributed by atoms with Gasteiger partial charge >= 0.3 is 6.18 Å². The summed E-state index contributed by atoms with van der Waals surface area (Å²) in [6, 6.07) is 3.63. The third-order valence-electron chi connectivity index (χ3n) is 1.78. The summed E-state index contributed by atoms with van der Waals surface area (Å²) in [5, 5.41) is 3.74. The fourth-order valence-electron chi connectivity index (χ4n) is 1.05. The molecule has 0 radical (unpaired) electrons. The number of amides is 1. The molecule has 0 saturated carbocycles. The predicted molar refractivity (Wildman–Crippen MR) is 58.9 cm³/mol. The first-order chi connectivity index (χ1) is 7.84. The Kier molecular flexibility index (Phi) is 5.57. The van der Waals surface area contributed by atoms with Crippen molar-refractivity contribution in [2.45, 2.75) is 6.18 Å². The molecule has 1 aromatic carbocycles. The van der Waals surface area contributed by atoms with Gasteiger partial charge in [0.05, 0.1) is 5.56 Å². The molecule has 3 N–H and O–H groups in total. The van der Waals surface area contributed by atoms with E-state index in [2.05, 4.69) is 0 Å². The molecule has 9 heteroatoms. The quantitative estimate of drug-likeness (QED) is 0.471. The van der Waals surface area contributed by atoms with Crippen LogP contribution in [0.25, 0.3) is 0 Å². The highest BCUT2D eigenvalue weighted by atomic mass is 35.5. The average molecular weight is 286 g/mol. The second kappa shape index (κ2) is 6.20. The Morgan fingerprint density at radius 1 is 1.33 bits per heavy atom. The van der Waals surface area contributed by atoms with E-state index >= 15 is 0 Å². The summed E-state index contributed by atoms with van der Waals surface area (Å²) in [6.45, 7) is 0. The molecule has 1 amide bonds. The van der Waals surface area contributed by atoms with Crippen LogP contribution in [0, 0.1) is 0 Å². The maximum Gasteiger partial charge on any atom is 0.416 e. The Hall–Kier alpha value is -1.83. The molecule has 0 unspecified atom stereocenters. The fraction of sp³-hybridized carbons (Fsp3) is 0.111. The molecule has 0 spiro atoms. The largest absolute Gasteiger partial charge is 0.416 e.